The molecule has 6 nitrogen and oxygen atoms in total. The Morgan fingerprint density at radius 2 is 2.00 bits per heavy atom. The lowest BCUT2D eigenvalue weighted by Crippen LogP contribution is -2.29. The Balaban J connectivity index is 0.000000284. The molecule has 2 aromatic carbocycles. The van der Waals surface area contributed by atoms with Gasteiger partial charge in [-0.2, -0.15) is 0 Å². The van der Waals surface area contributed by atoms with Crippen molar-refractivity contribution in [2.45, 2.75) is 33.6 Å². The summed E-state index contributed by atoms with van der Waals surface area (Å²) >= 11 is 1.66. The number of benzene rings is 2. The monoisotopic (exact) mass is 529 g/mol. The molecule has 0 saturated carbocycles. The summed E-state index contributed by atoms with van der Waals surface area (Å²) in [6, 6.07) is 14.1. The normalized spacial score (nSPS) is 12.8. The van der Waals surface area contributed by atoms with Crippen LogP contribution in [-0.4, -0.2) is 37.9 Å². The number of carbonyl (C=O) groups excluding carboxylic acids is 2. The second-order valence-corrected chi connectivity index (χ2v) is 9.93. The number of aryl methyl sites for hydroxylation is 2. The van der Waals surface area contributed by atoms with E-state index in [0.717, 1.165) is 63.8 Å². The fraction of sp³-hybridized carbons (Fsp3) is 0.258. The van der Waals surface area contributed by atoms with E-state index in [-0.39, 0.29) is 5.91 Å². The van der Waals surface area contributed by atoms with Crippen molar-refractivity contribution in [1.29, 1.82) is 0 Å². The minimum absolute atomic E-state index is 0.0805. The Hall–Kier alpha value is -3.97. The van der Waals surface area contributed by atoms with Gasteiger partial charge >= 0.3 is 0 Å². The molecule has 4 rings (SSSR count). The fourth-order valence-corrected chi connectivity index (χ4v) is 5.02. The highest BCUT2D eigenvalue weighted by Crippen LogP contribution is 2.36. The van der Waals surface area contributed by atoms with Crippen molar-refractivity contribution in [3.63, 3.8) is 0 Å². The molecule has 0 aliphatic carbocycles. The second kappa shape index (κ2) is 13.5. The fourth-order valence-electron chi connectivity index (χ4n) is 4.23. The zero-order valence-corrected chi connectivity index (χ0v) is 23.5. The average Bonchev–Trinajstić information content (AvgIpc) is 3.54. The van der Waals surface area contributed by atoms with Crippen LogP contribution in [0.15, 0.2) is 78.6 Å². The number of anilines is 2. The van der Waals surface area contributed by atoms with Gasteiger partial charge in [-0.15, -0.1) is 11.3 Å². The SMILES string of the molecule is C=C/C(=C\C(=C/C)OC)CC=O.CNc1nc(-c2ccc3c(c2)CCN3C(=O)c2ccccc2C)c(C)s1. The third kappa shape index (κ3) is 6.66. The van der Waals surface area contributed by atoms with Crippen molar-refractivity contribution >= 4 is 34.3 Å². The van der Waals surface area contributed by atoms with E-state index in [9.17, 15) is 9.59 Å². The molecule has 0 bridgehead atoms. The van der Waals surface area contributed by atoms with E-state index in [1.165, 1.54) is 10.4 Å². The minimum Gasteiger partial charge on any atom is -0.497 e. The molecule has 1 aromatic heterocycles. The number of aromatic nitrogens is 1. The predicted octanol–water partition coefficient (Wildman–Crippen LogP) is 6.91. The van der Waals surface area contributed by atoms with Crippen molar-refractivity contribution < 1.29 is 14.3 Å². The summed E-state index contributed by atoms with van der Waals surface area (Å²) in [5.41, 5.74) is 7.01. The number of carbonyl (C=O) groups is 2. The number of hydrogen-bond donors (Lipinski definition) is 1. The summed E-state index contributed by atoms with van der Waals surface area (Å²) < 4.78 is 5.00. The van der Waals surface area contributed by atoms with Crippen LogP contribution in [0, 0.1) is 13.8 Å². The van der Waals surface area contributed by atoms with Crippen molar-refractivity contribution in [2.24, 2.45) is 0 Å². The number of fused-ring (bicyclic) bond motifs is 1. The number of methoxy groups -OCH3 is 1. The second-order valence-electron chi connectivity index (χ2n) is 8.73. The zero-order valence-electron chi connectivity index (χ0n) is 22.7. The number of ether oxygens (including phenoxy) is 1. The van der Waals surface area contributed by atoms with Gasteiger partial charge in [0.05, 0.1) is 12.8 Å². The van der Waals surface area contributed by atoms with E-state index in [2.05, 4.69) is 42.0 Å². The molecule has 198 valence electrons. The Morgan fingerprint density at radius 1 is 1.24 bits per heavy atom. The summed E-state index contributed by atoms with van der Waals surface area (Å²) in [6.07, 6.45) is 7.37. The number of rotatable bonds is 8. The number of amides is 1. The van der Waals surface area contributed by atoms with E-state index in [4.69, 9.17) is 4.74 Å². The van der Waals surface area contributed by atoms with Gasteiger partial charge in [-0.05, 0) is 74.2 Å². The van der Waals surface area contributed by atoms with Gasteiger partial charge in [0.25, 0.3) is 5.91 Å². The molecule has 7 heteroatoms. The van der Waals surface area contributed by atoms with Gasteiger partial charge < -0.3 is 19.7 Å². The molecular formula is C31H35N3O3S. The molecule has 0 unspecified atom stereocenters. The van der Waals surface area contributed by atoms with Gasteiger partial charge in [0, 0.05) is 41.7 Å². The highest BCUT2D eigenvalue weighted by molar-refractivity contribution is 7.15. The molecule has 0 fully saturated rings. The number of nitrogens with one attached hydrogen (secondary N) is 1. The molecular weight excluding hydrogens is 494 g/mol. The van der Waals surface area contributed by atoms with Gasteiger partial charge in [0.2, 0.25) is 0 Å². The first-order valence-corrected chi connectivity index (χ1v) is 13.3. The van der Waals surface area contributed by atoms with Crippen molar-refractivity contribution in [1.82, 2.24) is 4.98 Å². The van der Waals surface area contributed by atoms with Gasteiger partial charge in [-0.1, -0.05) is 36.9 Å². The predicted molar refractivity (Wildman–Crippen MR) is 158 cm³/mol. The van der Waals surface area contributed by atoms with Crippen LogP contribution in [0.3, 0.4) is 0 Å². The van der Waals surface area contributed by atoms with Crippen LogP contribution >= 0.6 is 11.3 Å². The largest absolute Gasteiger partial charge is 0.497 e. The number of aldehydes is 1. The van der Waals surface area contributed by atoms with Crippen LogP contribution in [0.2, 0.25) is 0 Å². The maximum Gasteiger partial charge on any atom is 0.258 e. The molecule has 0 atom stereocenters. The third-order valence-electron chi connectivity index (χ3n) is 6.31. The van der Waals surface area contributed by atoms with E-state index in [1.807, 2.05) is 56.1 Å². The lowest BCUT2D eigenvalue weighted by Gasteiger charge is -2.18. The average molecular weight is 530 g/mol. The Bertz CT molecular complexity index is 1370. The van der Waals surface area contributed by atoms with Gasteiger partial charge in [-0.3, -0.25) is 4.79 Å². The molecule has 2 heterocycles. The van der Waals surface area contributed by atoms with Crippen molar-refractivity contribution in [3.8, 4) is 11.3 Å². The summed E-state index contributed by atoms with van der Waals surface area (Å²) in [5.74, 6) is 0.823. The smallest absolute Gasteiger partial charge is 0.258 e. The molecule has 1 N–H and O–H groups in total. The molecule has 0 spiro atoms. The first kappa shape index (κ1) is 28.6. The maximum absolute atomic E-state index is 13.0. The van der Waals surface area contributed by atoms with E-state index < -0.39 is 0 Å². The van der Waals surface area contributed by atoms with Crippen molar-refractivity contribution in [2.75, 3.05) is 30.9 Å². The first-order chi connectivity index (χ1) is 18.4. The van der Waals surface area contributed by atoms with Crippen LogP contribution in [-0.2, 0) is 16.0 Å². The molecule has 0 saturated heterocycles. The van der Waals surface area contributed by atoms with Crippen molar-refractivity contribution in [3.05, 3.63) is 100 Å². The van der Waals surface area contributed by atoms with Gasteiger partial charge in [-0.25, -0.2) is 4.98 Å². The number of allylic oxidation sites excluding steroid dienone is 4. The summed E-state index contributed by atoms with van der Waals surface area (Å²) in [6.45, 7) is 10.3. The van der Waals surface area contributed by atoms with E-state index >= 15 is 0 Å². The summed E-state index contributed by atoms with van der Waals surface area (Å²) in [5, 5.41) is 4.04. The van der Waals surface area contributed by atoms with Crippen LogP contribution in [0.1, 0.15) is 39.7 Å². The number of hydrogen-bond acceptors (Lipinski definition) is 6. The van der Waals surface area contributed by atoms with Crippen LogP contribution in [0.25, 0.3) is 11.3 Å². The topological polar surface area (TPSA) is 71.5 Å². The Kier molecular flexibility index (Phi) is 10.2. The number of nitrogens with zero attached hydrogens (tertiary/aromatic N) is 2. The molecule has 0 radical (unpaired) electrons. The van der Waals surface area contributed by atoms with Gasteiger partial charge in [0.1, 0.15) is 12.0 Å². The lowest BCUT2D eigenvalue weighted by molar-refractivity contribution is -0.107. The van der Waals surface area contributed by atoms with Crippen LogP contribution in [0.5, 0.6) is 0 Å². The Labute approximate surface area is 229 Å². The molecule has 38 heavy (non-hydrogen) atoms. The highest BCUT2D eigenvalue weighted by atomic mass is 32.1. The standard InChI is InChI=1S/C21H21N3OS.C10H14O2/c1-13-6-4-5-7-17(13)20(25)24-11-10-15-12-16(8-9-18(15)24)19-14(2)26-21(22-3)23-19;1-4-9(6-7-11)8-10(5-2)12-3/h4-9,12H,10-11H2,1-3H3,(H,22,23);4-5,7-8H,1,6H2,2-3H3/b;9-8+,10-5+. The Morgan fingerprint density at radius 3 is 2.61 bits per heavy atom. The summed E-state index contributed by atoms with van der Waals surface area (Å²) in [4.78, 5) is 30.9. The number of thiazole rings is 1. The van der Waals surface area contributed by atoms with E-state index in [1.54, 1.807) is 30.6 Å². The molecule has 1 aliphatic rings. The molecule has 3 aromatic rings. The minimum atomic E-state index is 0.0805. The summed E-state index contributed by atoms with van der Waals surface area (Å²) in [7, 11) is 3.48. The maximum atomic E-state index is 13.0. The third-order valence-corrected chi connectivity index (χ3v) is 7.30. The van der Waals surface area contributed by atoms with Crippen LogP contribution < -0.4 is 10.2 Å². The lowest BCUT2D eigenvalue weighted by atomic mass is 10.0. The first-order valence-electron chi connectivity index (χ1n) is 12.5. The van der Waals surface area contributed by atoms with E-state index in [0.29, 0.717) is 6.42 Å². The zero-order chi connectivity index (χ0) is 27.7. The van der Waals surface area contributed by atoms with Gasteiger partial charge in [0.15, 0.2) is 5.13 Å². The van der Waals surface area contributed by atoms with Crippen LogP contribution in [0.4, 0.5) is 10.8 Å². The molecule has 1 aliphatic heterocycles. The molecule has 1 amide bonds. The quantitative estimate of drug-likeness (QED) is 0.195. The highest BCUT2D eigenvalue weighted by Gasteiger charge is 2.27.